The fourth-order valence-electron chi connectivity index (χ4n) is 2.91. The second kappa shape index (κ2) is 6.97. The van der Waals surface area contributed by atoms with Crippen LogP contribution in [0.1, 0.15) is 18.1 Å². The summed E-state index contributed by atoms with van der Waals surface area (Å²) in [5.41, 5.74) is 2.88. The van der Waals surface area contributed by atoms with Gasteiger partial charge in [0.05, 0.1) is 5.69 Å². The number of anilines is 1. The Morgan fingerprint density at radius 3 is 2.60 bits per heavy atom. The number of aryl methyl sites for hydroxylation is 1. The quantitative estimate of drug-likeness (QED) is 0.861. The third kappa shape index (κ3) is 3.50. The van der Waals surface area contributed by atoms with Gasteiger partial charge in [-0.25, -0.2) is 0 Å². The van der Waals surface area contributed by atoms with Crippen molar-refractivity contribution in [2.75, 3.05) is 18.5 Å². The fourth-order valence-corrected chi connectivity index (χ4v) is 2.91. The van der Waals surface area contributed by atoms with Gasteiger partial charge in [-0.3, -0.25) is 14.5 Å². The first-order valence-corrected chi connectivity index (χ1v) is 8.33. The largest absolute Gasteiger partial charge is 0.479 e. The number of rotatable bonds is 4. The molecule has 1 aliphatic rings. The molecule has 130 valence electrons. The van der Waals surface area contributed by atoms with Crippen LogP contribution in [0.2, 0.25) is 0 Å². The Kier molecular flexibility index (Phi) is 4.74. The molecule has 2 aromatic rings. The zero-order chi connectivity index (χ0) is 18.0. The van der Waals surface area contributed by atoms with Crippen molar-refractivity contribution in [1.82, 2.24) is 4.90 Å². The SMILES string of the molecule is Cc1ccccc1CN(C)C(=O)CN1C(=O)C(C)Oc2ccccc21. The predicted octanol–water partition coefficient (Wildman–Crippen LogP) is 2.77. The Morgan fingerprint density at radius 2 is 1.84 bits per heavy atom. The van der Waals surface area contributed by atoms with Gasteiger partial charge in [0.2, 0.25) is 5.91 Å². The van der Waals surface area contributed by atoms with Crippen LogP contribution in [0, 0.1) is 6.92 Å². The minimum absolute atomic E-state index is 0.00588. The Morgan fingerprint density at radius 1 is 1.16 bits per heavy atom. The number of hydrogen-bond acceptors (Lipinski definition) is 3. The van der Waals surface area contributed by atoms with E-state index in [0.29, 0.717) is 18.0 Å². The van der Waals surface area contributed by atoms with Crippen LogP contribution >= 0.6 is 0 Å². The van der Waals surface area contributed by atoms with Gasteiger partial charge in [-0.1, -0.05) is 36.4 Å². The molecule has 0 N–H and O–H groups in total. The monoisotopic (exact) mass is 338 g/mol. The zero-order valence-corrected chi connectivity index (χ0v) is 14.7. The van der Waals surface area contributed by atoms with Crippen molar-refractivity contribution < 1.29 is 14.3 Å². The Balaban J connectivity index is 1.76. The smallest absolute Gasteiger partial charge is 0.268 e. The van der Waals surface area contributed by atoms with Gasteiger partial charge in [0.25, 0.3) is 5.91 Å². The van der Waals surface area contributed by atoms with E-state index in [4.69, 9.17) is 4.74 Å². The van der Waals surface area contributed by atoms with Gasteiger partial charge in [-0.05, 0) is 37.1 Å². The zero-order valence-electron chi connectivity index (χ0n) is 14.7. The van der Waals surface area contributed by atoms with E-state index < -0.39 is 6.10 Å². The normalized spacial score (nSPS) is 16.2. The molecule has 0 saturated carbocycles. The molecule has 0 aliphatic carbocycles. The maximum absolute atomic E-state index is 12.7. The minimum Gasteiger partial charge on any atom is -0.479 e. The molecule has 0 bridgehead atoms. The molecule has 1 atom stereocenters. The molecule has 1 heterocycles. The summed E-state index contributed by atoms with van der Waals surface area (Å²) < 4.78 is 5.61. The average molecular weight is 338 g/mol. The van der Waals surface area contributed by atoms with Crippen LogP contribution in [0.5, 0.6) is 5.75 Å². The lowest BCUT2D eigenvalue weighted by molar-refractivity contribution is -0.132. The number of carbonyl (C=O) groups is 2. The number of para-hydroxylation sites is 2. The van der Waals surface area contributed by atoms with Crippen LogP contribution in [0.15, 0.2) is 48.5 Å². The summed E-state index contributed by atoms with van der Waals surface area (Å²) in [6.07, 6.45) is -0.593. The summed E-state index contributed by atoms with van der Waals surface area (Å²) in [6, 6.07) is 15.3. The maximum Gasteiger partial charge on any atom is 0.268 e. The number of carbonyl (C=O) groups excluding carboxylic acids is 2. The van der Waals surface area contributed by atoms with Crippen molar-refractivity contribution in [3.8, 4) is 5.75 Å². The fraction of sp³-hybridized carbons (Fsp3) is 0.300. The number of fused-ring (bicyclic) bond motifs is 1. The summed E-state index contributed by atoms with van der Waals surface area (Å²) in [6.45, 7) is 4.25. The number of hydrogen-bond donors (Lipinski definition) is 0. The second-order valence-corrected chi connectivity index (χ2v) is 6.33. The lowest BCUT2D eigenvalue weighted by atomic mass is 10.1. The molecule has 0 radical (unpaired) electrons. The van der Waals surface area contributed by atoms with E-state index in [1.165, 1.54) is 4.90 Å². The van der Waals surface area contributed by atoms with Crippen molar-refractivity contribution in [3.63, 3.8) is 0 Å². The minimum atomic E-state index is -0.593. The van der Waals surface area contributed by atoms with Crippen molar-refractivity contribution in [2.45, 2.75) is 26.5 Å². The molecule has 0 saturated heterocycles. The van der Waals surface area contributed by atoms with Gasteiger partial charge in [0, 0.05) is 13.6 Å². The highest BCUT2D eigenvalue weighted by atomic mass is 16.5. The van der Waals surface area contributed by atoms with E-state index in [-0.39, 0.29) is 18.4 Å². The molecule has 1 unspecified atom stereocenters. The van der Waals surface area contributed by atoms with Crippen LogP contribution in [-0.2, 0) is 16.1 Å². The van der Waals surface area contributed by atoms with E-state index >= 15 is 0 Å². The van der Waals surface area contributed by atoms with E-state index in [1.54, 1.807) is 24.9 Å². The van der Waals surface area contributed by atoms with Gasteiger partial charge < -0.3 is 9.64 Å². The highest BCUT2D eigenvalue weighted by molar-refractivity contribution is 6.03. The van der Waals surface area contributed by atoms with Gasteiger partial charge in [-0.15, -0.1) is 0 Å². The Labute approximate surface area is 147 Å². The van der Waals surface area contributed by atoms with Crippen molar-refractivity contribution in [3.05, 3.63) is 59.7 Å². The molecule has 0 aromatic heterocycles. The molecule has 5 heteroatoms. The summed E-state index contributed by atoms with van der Waals surface area (Å²) in [4.78, 5) is 28.3. The molecule has 1 aliphatic heterocycles. The Bertz CT molecular complexity index is 803. The van der Waals surface area contributed by atoms with Crippen molar-refractivity contribution in [2.24, 2.45) is 0 Å². The van der Waals surface area contributed by atoms with E-state index in [2.05, 4.69) is 0 Å². The summed E-state index contributed by atoms with van der Waals surface area (Å²) >= 11 is 0. The molecule has 25 heavy (non-hydrogen) atoms. The average Bonchev–Trinajstić information content (AvgIpc) is 2.60. The van der Waals surface area contributed by atoms with Gasteiger partial charge >= 0.3 is 0 Å². The third-order valence-corrected chi connectivity index (χ3v) is 4.46. The van der Waals surface area contributed by atoms with Crippen LogP contribution in [0.3, 0.4) is 0 Å². The predicted molar refractivity (Wildman–Crippen MR) is 96.5 cm³/mol. The summed E-state index contributed by atoms with van der Waals surface area (Å²) in [5.74, 6) is 0.320. The lowest BCUT2D eigenvalue weighted by Crippen LogP contribution is -2.49. The molecular formula is C20H22N2O3. The summed E-state index contributed by atoms with van der Waals surface area (Å²) in [7, 11) is 1.76. The molecular weight excluding hydrogens is 316 g/mol. The standard InChI is InChI=1S/C20H22N2O3/c1-14-8-4-5-9-16(14)12-21(3)19(23)13-22-17-10-6-7-11-18(17)25-15(2)20(22)24/h4-11,15H,12-13H2,1-3H3. The maximum atomic E-state index is 12.7. The highest BCUT2D eigenvalue weighted by Gasteiger charge is 2.33. The van der Waals surface area contributed by atoms with Gasteiger partial charge in [-0.2, -0.15) is 0 Å². The number of benzene rings is 2. The first kappa shape index (κ1) is 17.0. The van der Waals surface area contributed by atoms with Crippen LogP contribution in [0.4, 0.5) is 5.69 Å². The van der Waals surface area contributed by atoms with Crippen LogP contribution < -0.4 is 9.64 Å². The molecule has 2 amide bonds. The number of ether oxygens (including phenoxy) is 1. The molecule has 0 spiro atoms. The Hall–Kier alpha value is -2.82. The number of nitrogens with zero attached hydrogens (tertiary/aromatic N) is 2. The second-order valence-electron chi connectivity index (χ2n) is 6.33. The topological polar surface area (TPSA) is 49.9 Å². The van der Waals surface area contributed by atoms with Gasteiger partial charge in [0.15, 0.2) is 6.10 Å². The van der Waals surface area contributed by atoms with Crippen LogP contribution in [-0.4, -0.2) is 36.4 Å². The van der Waals surface area contributed by atoms with Crippen molar-refractivity contribution >= 4 is 17.5 Å². The molecule has 2 aromatic carbocycles. The third-order valence-electron chi connectivity index (χ3n) is 4.46. The van der Waals surface area contributed by atoms with E-state index in [0.717, 1.165) is 11.1 Å². The summed E-state index contributed by atoms with van der Waals surface area (Å²) in [5, 5.41) is 0. The van der Waals surface area contributed by atoms with Gasteiger partial charge in [0.1, 0.15) is 12.3 Å². The molecule has 5 nitrogen and oxygen atoms in total. The number of likely N-dealkylation sites (N-methyl/N-ethyl adjacent to an activating group) is 1. The highest BCUT2D eigenvalue weighted by Crippen LogP contribution is 2.33. The molecule has 3 rings (SSSR count). The van der Waals surface area contributed by atoms with E-state index in [9.17, 15) is 9.59 Å². The molecule has 0 fully saturated rings. The first-order chi connectivity index (χ1) is 12.0. The van der Waals surface area contributed by atoms with Crippen LogP contribution in [0.25, 0.3) is 0 Å². The first-order valence-electron chi connectivity index (χ1n) is 8.33. The number of amides is 2. The lowest BCUT2D eigenvalue weighted by Gasteiger charge is -2.33. The van der Waals surface area contributed by atoms with E-state index in [1.807, 2.05) is 49.4 Å². The van der Waals surface area contributed by atoms with Crippen molar-refractivity contribution in [1.29, 1.82) is 0 Å².